The summed E-state index contributed by atoms with van der Waals surface area (Å²) in [5, 5.41) is 4.81. The van der Waals surface area contributed by atoms with E-state index in [4.69, 9.17) is 0 Å². The minimum atomic E-state index is -0.262. The number of fused-ring (bicyclic) bond motifs is 1. The van der Waals surface area contributed by atoms with Crippen molar-refractivity contribution in [2.75, 3.05) is 6.54 Å². The van der Waals surface area contributed by atoms with Crippen molar-refractivity contribution in [1.29, 1.82) is 0 Å². The Labute approximate surface area is 102 Å². The van der Waals surface area contributed by atoms with Gasteiger partial charge in [0.15, 0.2) is 0 Å². The first-order valence-electron chi connectivity index (χ1n) is 5.40. The fraction of sp³-hybridized carbons (Fsp3) is 0.154. The molecule has 1 aromatic carbocycles. The Balaban J connectivity index is 2.12. The van der Waals surface area contributed by atoms with Crippen LogP contribution in [0.5, 0.6) is 0 Å². The molecule has 1 N–H and O–H groups in total. The molecule has 2 aromatic rings. The van der Waals surface area contributed by atoms with Gasteiger partial charge in [0.2, 0.25) is 0 Å². The number of carbonyl (C=O) groups is 1. The smallest absolute Gasteiger partial charge is 0.253 e. The highest BCUT2D eigenvalue weighted by Crippen LogP contribution is 2.33. The molecule has 1 amide bonds. The van der Waals surface area contributed by atoms with Crippen LogP contribution in [0, 0.1) is 5.82 Å². The van der Waals surface area contributed by atoms with Gasteiger partial charge in [-0.3, -0.25) is 4.79 Å². The summed E-state index contributed by atoms with van der Waals surface area (Å²) in [4.78, 5) is 12.9. The maximum Gasteiger partial charge on any atom is 0.253 e. The van der Waals surface area contributed by atoms with E-state index in [1.165, 1.54) is 12.1 Å². The van der Waals surface area contributed by atoms with Gasteiger partial charge in [0, 0.05) is 17.0 Å². The molecule has 0 unspecified atom stereocenters. The molecule has 0 atom stereocenters. The molecular weight excluding hydrogens is 237 g/mol. The van der Waals surface area contributed by atoms with Crippen LogP contribution in [-0.2, 0) is 6.42 Å². The summed E-state index contributed by atoms with van der Waals surface area (Å²) >= 11 is 1.60. The summed E-state index contributed by atoms with van der Waals surface area (Å²) < 4.78 is 12.9. The van der Waals surface area contributed by atoms with Gasteiger partial charge in [-0.15, -0.1) is 11.3 Å². The highest BCUT2D eigenvalue weighted by atomic mass is 32.1. The van der Waals surface area contributed by atoms with Crippen LogP contribution in [0.2, 0.25) is 0 Å². The predicted molar refractivity (Wildman–Crippen MR) is 65.8 cm³/mol. The summed E-state index contributed by atoms with van der Waals surface area (Å²) in [7, 11) is 0. The Morgan fingerprint density at radius 3 is 2.76 bits per heavy atom. The van der Waals surface area contributed by atoms with Crippen LogP contribution in [0.4, 0.5) is 4.39 Å². The SMILES string of the molecule is O=C1NCCc2scc(-c3ccc(F)cc3)c21. The lowest BCUT2D eigenvalue weighted by molar-refractivity contribution is 0.0948. The number of nitrogens with one attached hydrogen (secondary N) is 1. The number of carbonyl (C=O) groups excluding carboxylic acids is 1. The first-order valence-corrected chi connectivity index (χ1v) is 6.28. The van der Waals surface area contributed by atoms with Crippen molar-refractivity contribution in [1.82, 2.24) is 5.32 Å². The Hall–Kier alpha value is -1.68. The second kappa shape index (κ2) is 3.96. The average molecular weight is 247 g/mol. The second-order valence-electron chi connectivity index (χ2n) is 3.96. The Bertz CT molecular complexity index is 574. The second-order valence-corrected chi connectivity index (χ2v) is 4.92. The molecular formula is C13H10FNOS. The molecule has 17 heavy (non-hydrogen) atoms. The lowest BCUT2D eigenvalue weighted by atomic mass is 9.99. The zero-order valence-electron chi connectivity index (χ0n) is 9.00. The van der Waals surface area contributed by atoms with Crippen molar-refractivity contribution in [3.05, 3.63) is 45.9 Å². The largest absolute Gasteiger partial charge is 0.352 e. The molecule has 2 nitrogen and oxygen atoms in total. The fourth-order valence-corrected chi connectivity index (χ4v) is 3.11. The zero-order valence-corrected chi connectivity index (χ0v) is 9.81. The lowest BCUT2D eigenvalue weighted by Gasteiger charge is -2.13. The molecule has 0 fully saturated rings. The molecule has 4 heteroatoms. The first kappa shape index (κ1) is 10.5. The highest BCUT2D eigenvalue weighted by Gasteiger charge is 2.22. The van der Waals surface area contributed by atoms with E-state index < -0.39 is 0 Å². The topological polar surface area (TPSA) is 29.1 Å². The van der Waals surface area contributed by atoms with Crippen molar-refractivity contribution >= 4 is 17.2 Å². The van der Waals surface area contributed by atoms with Gasteiger partial charge in [0.05, 0.1) is 5.56 Å². The van der Waals surface area contributed by atoms with Crippen LogP contribution in [0.1, 0.15) is 15.2 Å². The quantitative estimate of drug-likeness (QED) is 0.825. The van der Waals surface area contributed by atoms with Crippen LogP contribution < -0.4 is 5.32 Å². The maximum absolute atomic E-state index is 12.9. The molecule has 0 radical (unpaired) electrons. The lowest BCUT2D eigenvalue weighted by Crippen LogP contribution is -2.31. The standard InChI is InChI=1S/C13H10FNOS/c14-9-3-1-8(2-4-9)10-7-17-11-5-6-15-13(16)12(10)11/h1-4,7H,5-6H2,(H,15,16). The van der Waals surface area contributed by atoms with Gasteiger partial charge in [-0.1, -0.05) is 12.1 Å². The van der Waals surface area contributed by atoms with Crippen molar-refractivity contribution in [2.24, 2.45) is 0 Å². The van der Waals surface area contributed by atoms with Gasteiger partial charge in [0.1, 0.15) is 5.82 Å². The fourth-order valence-electron chi connectivity index (χ4n) is 2.05. The van der Waals surface area contributed by atoms with Gasteiger partial charge >= 0.3 is 0 Å². The summed E-state index contributed by atoms with van der Waals surface area (Å²) in [6.45, 7) is 0.704. The monoisotopic (exact) mass is 247 g/mol. The van der Waals surface area contributed by atoms with Crippen molar-refractivity contribution < 1.29 is 9.18 Å². The Kier molecular flexibility index (Phi) is 2.44. The van der Waals surface area contributed by atoms with E-state index >= 15 is 0 Å². The molecule has 2 heterocycles. The van der Waals surface area contributed by atoms with Gasteiger partial charge in [-0.25, -0.2) is 4.39 Å². The van der Waals surface area contributed by atoms with E-state index in [0.29, 0.717) is 6.54 Å². The minimum Gasteiger partial charge on any atom is -0.352 e. The average Bonchev–Trinajstić information content (AvgIpc) is 2.75. The molecule has 0 saturated heterocycles. The molecule has 1 aliphatic heterocycles. The molecule has 3 rings (SSSR count). The number of hydrogen-bond donors (Lipinski definition) is 1. The molecule has 86 valence electrons. The third-order valence-electron chi connectivity index (χ3n) is 2.89. The number of amides is 1. The molecule has 0 bridgehead atoms. The van der Waals surface area contributed by atoms with E-state index in [-0.39, 0.29) is 11.7 Å². The molecule has 0 aliphatic carbocycles. The summed E-state index contributed by atoms with van der Waals surface area (Å²) in [5.74, 6) is -0.283. The molecule has 0 saturated carbocycles. The van der Waals surface area contributed by atoms with Crippen LogP contribution in [-0.4, -0.2) is 12.5 Å². The summed E-state index contributed by atoms with van der Waals surface area (Å²) in [5.41, 5.74) is 2.55. The van der Waals surface area contributed by atoms with Gasteiger partial charge in [-0.2, -0.15) is 0 Å². The van der Waals surface area contributed by atoms with Gasteiger partial charge in [-0.05, 0) is 29.5 Å². The Morgan fingerprint density at radius 1 is 1.24 bits per heavy atom. The normalized spacial score (nSPS) is 14.3. The van der Waals surface area contributed by atoms with Crippen LogP contribution >= 0.6 is 11.3 Å². The molecule has 1 aliphatic rings. The third kappa shape index (κ3) is 1.74. The van der Waals surface area contributed by atoms with Crippen molar-refractivity contribution in [2.45, 2.75) is 6.42 Å². The van der Waals surface area contributed by atoms with E-state index in [0.717, 1.165) is 28.0 Å². The van der Waals surface area contributed by atoms with Crippen LogP contribution in [0.25, 0.3) is 11.1 Å². The van der Waals surface area contributed by atoms with E-state index in [9.17, 15) is 9.18 Å². The third-order valence-corrected chi connectivity index (χ3v) is 3.93. The predicted octanol–water partition coefficient (Wildman–Crippen LogP) is 2.84. The van der Waals surface area contributed by atoms with Gasteiger partial charge in [0.25, 0.3) is 5.91 Å². The molecule has 0 spiro atoms. The minimum absolute atomic E-state index is 0.0215. The number of thiophene rings is 1. The number of hydrogen-bond acceptors (Lipinski definition) is 2. The van der Waals surface area contributed by atoms with Crippen LogP contribution in [0.3, 0.4) is 0 Å². The Morgan fingerprint density at radius 2 is 2.00 bits per heavy atom. The molecule has 1 aromatic heterocycles. The number of benzene rings is 1. The van der Waals surface area contributed by atoms with Crippen molar-refractivity contribution in [3.8, 4) is 11.1 Å². The summed E-state index contributed by atoms with van der Waals surface area (Å²) in [6, 6.07) is 6.25. The van der Waals surface area contributed by atoms with Crippen molar-refractivity contribution in [3.63, 3.8) is 0 Å². The van der Waals surface area contributed by atoms with E-state index in [2.05, 4.69) is 5.32 Å². The van der Waals surface area contributed by atoms with E-state index in [1.807, 2.05) is 5.38 Å². The zero-order chi connectivity index (χ0) is 11.8. The maximum atomic E-state index is 12.9. The summed E-state index contributed by atoms with van der Waals surface area (Å²) in [6.07, 6.45) is 0.882. The number of rotatable bonds is 1. The van der Waals surface area contributed by atoms with E-state index in [1.54, 1.807) is 23.5 Å². The number of halogens is 1. The highest BCUT2D eigenvalue weighted by molar-refractivity contribution is 7.10. The van der Waals surface area contributed by atoms with Gasteiger partial charge < -0.3 is 5.32 Å². The first-order chi connectivity index (χ1) is 8.25. The van der Waals surface area contributed by atoms with Crippen LogP contribution in [0.15, 0.2) is 29.6 Å².